The Morgan fingerprint density at radius 2 is 1.68 bits per heavy atom. The highest BCUT2D eigenvalue weighted by molar-refractivity contribution is 6.00. The number of ether oxygens (including phenoxy) is 2. The van der Waals surface area contributed by atoms with Crippen molar-refractivity contribution in [2.45, 2.75) is 12.1 Å². The fraction of sp³-hybridized carbons (Fsp3) is 0.409. The molecule has 4 rings (SSSR count). The molecule has 1 N–H and O–H groups in total. The van der Waals surface area contributed by atoms with E-state index in [2.05, 4.69) is 4.90 Å². The van der Waals surface area contributed by atoms with Crippen LogP contribution in [-0.2, 0) is 9.47 Å². The van der Waals surface area contributed by atoms with Gasteiger partial charge in [-0.25, -0.2) is 0 Å². The molecule has 0 unspecified atom stereocenters. The molecule has 148 valence electrons. The summed E-state index contributed by atoms with van der Waals surface area (Å²) in [5, 5.41) is 9.87. The number of morpholine rings is 2. The molecule has 1 amide bonds. The minimum absolute atomic E-state index is 0.0299. The molecule has 0 aliphatic carbocycles. The van der Waals surface area contributed by atoms with Crippen LogP contribution in [0.3, 0.4) is 0 Å². The van der Waals surface area contributed by atoms with Crippen LogP contribution in [0.25, 0.3) is 0 Å². The van der Waals surface area contributed by atoms with Crippen molar-refractivity contribution in [2.75, 3.05) is 51.0 Å². The number of carbonyl (C=O) groups is 1. The molecule has 2 fully saturated rings. The normalized spacial score (nSPS) is 22.9. The van der Waals surface area contributed by atoms with Crippen molar-refractivity contribution in [3.05, 3.63) is 65.7 Å². The number of para-hydroxylation sites is 1. The summed E-state index contributed by atoms with van der Waals surface area (Å²) in [6.07, 6.45) is -0.435. The van der Waals surface area contributed by atoms with E-state index in [0.29, 0.717) is 31.9 Å². The molecule has 28 heavy (non-hydrogen) atoms. The molecule has 2 aromatic rings. The molecule has 0 radical (unpaired) electrons. The number of amides is 1. The molecule has 2 atom stereocenters. The van der Waals surface area contributed by atoms with Gasteiger partial charge in [0.1, 0.15) is 6.10 Å². The van der Waals surface area contributed by atoms with E-state index in [-0.39, 0.29) is 18.6 Å². The van der Waals surface area contributed by atoms with E-state index >= 15 is 0 Å². The van der Waals surface area contributed by atoms with Crippen LogP contribution in [0.4, 0.5) is 5.69 Å². The second-order valence-electron chi connectivity index (χ2n) is 7.06. The van der Waals surface area contributed by atoms with Crippen molar-refractivity contribution < 1.29 is 19.4 Å². The summed E-state index contributed by atoms with van der Waals surface area (Å²) in [5.74, 6) is -0.0299. The molecule has 2 heterocycles. The van der Waals surface area contributed by atoms with Crippen molar-refractivity contribution in [1.82, 2.24) is 4.90 Å². The first kappa shape index (κ1) is 18.9. The van der Waals surface area contributed by atoms with Crippen LogP contribution < -0.4 is 4.90 Å². The number of hydrogen-bond donors (Lipinski definition) is 1. The fourth-order valence-electron chi connectivity index (χ4n) is 4.05. The molecule has 0 saturated carbocycles. The number of nitrogens with zero attached hydrogens (tertiary/aromatic N) is 2. The van der Waals surface area contributed by atoms with Crippen molar-refractivity contribution in [2.24, 2.45) is 0 Å². The van der Waals surface area contributed by atoms with Gasteiger partial charge in [-0.2, -0.15) is 0 Å². The SMILES string of the molecule is O=C(c1ccccc1N1CCOCC1)N1CCO[C@H](CO)[C@H]1c1ccccc1. The van der Waals surface area contributed by atoms with E-state index in [1.54, 1.807) is 0 Å². The van der Waals surface area contributed by atoms with Crippen LogP contribution in [0.15, 0.2) is 54.6 Å². The Kier molecular flexibility index (Phi) is 5.90. The molecular formula is C22H26N2O4. The number of carbonyl (C=O) groups excluding carboxylic acids is 1. The molecular weight excluding hydrogens is 356 g/mol. The van der Waals surface area contributed by atoms with Gasteiger partial charge in [-0.3, -0.25) is 4.79 Å². The topological polar surface area (TPSA) is 62.2 Å². The monoisotopic (exact) mass is 382 g/mol. The van der Waals surface area contributed by atoms with Gasteiger partial charge in [0.05, 0.1) is 38.0 Å². The van der Waals surface area contributed by atoms with Gasteiger partial charge in [0.15, 0.2) is 0 Å². The maximum absolute atomic E-state index is 13.6. The number of aliphatic hydroxyl groups excluding tert-OH is 1. The molecule has 2 aromatic carbocycles. The number of benzene rings is 2. The molecule has 2 aliphatic rings. The highest BCUT2D eigenvalue weighted by Gasteiger charge is 2.37. The Morgan fingerprint density at radius 3 is 2.43 bits per heavy atom. The Balaban J connectivity index is 1.68. The predicted octanol–water partition coefficient (Wildman–Crippen LogP) is 2.10. The second-order valence-corrected chi connectivity index (χ2v) is 7.06. The lowest BCUT2D eigenvalue weighted by molar-refractivity contribution is -0.0811. The van der Waals surface area contributed by atoms with E-state index < -0.39 is 6.10 Å². The van der Waals surface area contributed by atoms with Crippen molar-refractivity contribution in [3.8, 4) is 0 Å². The number of rotatable bonds is 4. The van der Waals surface area contributed by atoms with Gasteiger partial charge in [-0.05, 0) is 17.7 Å². The standard InChI is InChI=1S/C22H26N2O4/c25-16-20-21(17-6-2-1-3-7-17)24(12-15-28-20)22(26)18-8-4-5-9-19(18)23-10-13-27-14-11-23/h1-9,20-21,25H,10-16H2/t20-,21-/m1/s1. The van der Waals surface area contributed by atoms with Crippen molar-refractivity contribution >= 4 is 11.6 Å². The Hall–Kier alpha value is -2.41. The summed E-state index contributed by atoms with van der Waals surface area (Å²) >= 11 is 0. The maximum atomic E-state index is 13.6. The lowest BCUT2D eigenvalue weighted by Gasteiger charge is -2.41. The van der Waals surface area contributed by atoms with Crippen molar-refractivity contribution in [3.63, 3.8) is 0 Å². The first-order valence-corrected chi connectivity index (χ1v) is 9.79. The summed E-state index contributed by atoms with van der Waals surface area (Å²) in [6, 6.07) is 17.2. The van der Waals surface area contributed by atoms with E-state index in [0.717, 1.165) is 24.3 Å². The minimum Gasteiger partial charge on any atom is -0.394 e. The molecule has 6 heteroatoms. The molecule has 0 spiro atoms. The maximum Gasteiger partial charge on any atom is 0.256 e. The Morgan fingerprint density at radius 1 is 0.964 bits per heavy atom. The number of hydrogen-bond acceptors (Lipinski definition) is 5. The van der Waals surface area contributed by atoms with Crippen LogP contribution >= 0.6 is 0 Å². The van der Waals surface area contributed by atoms with Gasteiger partial charge in [0.2, 0.25) is 0 Å². The predicted molar refractivity (Wildman–Crippen MR) is 107 cm³/mol. The average Bonchev–Trinajstić information content (AvgIpc) is 2.79. The second kappa shape index (κ2) is 8.73. The number of anilines is 1. The van der Waals surface area contributed by atoms with Gasteiger partial charge in [-0.15, -0.1) is 0 Å². The smallest absolute Gasteiger partial charge is 0.256 e. The van der Waals surface area contributed by atoms with Gasteiger partial charge >= 0.3 is 0 Å². The Labute approximate surface area is 165 Å². The molecule has 0 aromatic heterocycles. The molecule has 0 bridgehead atoms. The molecule has 2 saturated heterocycles. The zero-order chi connectivity index (χ0) is 19.3. The van der Waals surface area contributed by atoms with E-state index in [4.69, 9.17) is 9.47 Å². The van der Waals surface area contributed by atoms with E-state index in [1.807, 2.05) is 59.5 Å². The van der Waals surface area contributed by atoms with Crippen LogP contribution in [-0.4, -0.2) is 68.1 Å². The summed E-state index contributed by atoms with van der Waals surface area (Å²) < 4.78 is 11.2. The lowest BCUT2D eigenvalue weighted by atomic mass is 9.97. The van der Waals surface area contributed by atoms with Crippen LogP contribution in [0.5, 0.6) is 0 Å². The van der Waals surface area contributed by atoms with Crippen molar-refractivity contribution in [1.29, 1.82) is 0 Å². The van der Waals surface area contributed by atoms with Crippen LogP contribution in [0, 0.1) is 0 Å². The van der Waals surface area contributed by atoms with E-state index in [9.17, 15) is 9.90 Å². The zero-order valence-electron chi connectivity index (χ0n) is 15.9. The van der Waals surface area contributed by atoms with E-state index in [1.165, 1.54) is 0 Å². The van der Waals surface area contributed by atoms with Crippen LogP contribution in [0.1, 0.15) is 22.0 Å². The largest absolute Gasteiger partial charge is 0.394 e. The summed E-state index contributed by atoms with van der Waals surface area (Å²) in [7, 11) is 0. The van der Waals surface area contributed by atoms with Gasteiger partial charge in [-0.1, -0.05) is 42.5 Å². The summed E-state index contributed by atoms with van der Waals surface area (Å²) in [6.45, 7) is 3.66. The lowest BCUT2D eigenvalue weighted by Crippen LogP contribution is -2.49. The zero-order valence-corrected chi connectivity index (χ0v) is 15.9. The third-order valence-corrected chi connectivity index (χ3v) is 5.42. The molecule has 2 aliphatic heterocycles. The quantitative estimate of drug-likeness (QED) is 0.878. The first-order chi connectivity index (χ1) is 13.8. The van der Waals surface area contributed by atoms with Gasteiger partial charge < -0.3 is 24.4 Å². The van der Waals surface area contributed by atoms with Crippen LogP contribution in [0.2, 0.25) is 0 Å². The third kappa shape index (κ3) is 3.76. The average molecular weight is 382 g/mol. The third-order valence-electron chi connectivity index (χ3n) is 5.42. The summed E-state index contributed by atoms with van der Waals surface area (Å²) in [5.41, 5.74) is 2.59. The van der Waals surface area contributed by atoms with Gasteiger partial charge in [0.25, 0.3) is 5.91 Å². The molecule has 6 nitrogen and oxygen atoms in total. The number of aliphatic hydroxyl groups is 1. The minimum atomic E-state index is -0.435. The highest BCUT2D eigenvalue weighted by atomic mass is 16.5. The summed E-state index contributed by atoms with van der Waals surface area (Å²) in [4.78, 5) is 17.7. The fourth-order valence-corrected chi connectivity index (χ4v) is 4.05. The Bertz CT molecular complexity index is 792. The highest BCUT2D eigenvalue weighted by Crippen LogP contribution is 2.33. The van der Waals surface area contributed by atoms with Gasteiger partial charge in [0, 0.05) is 25.3 Å². The first-order valence-electron chi connectivity index (χ1n) is 9.79.